The molecule has 0 amide bonds. The van der Waals surface area contributed by atoms with E-state index >= 15 is 0 Å². The van der Waals surface area contributed by atoms with E-state index in [1.165, 1.54) is 4.68 Å². The van der Waals surface area contributed by atoms with Crippen molar-refractivity contribution in [1.29, 1.82) is 5.26 Å². The molecular weight excluding hydrogens is 170 g/mol. The van der Waals surface area contributed by atoms with Crippen LogP contribution in [0.15, 0.2) is 0 Å². The molecule has 1 heterocycles. The summed E-state index contributed by atoms with van der Waals surface area (Å²) in [5.74, 6) is 0.717. The van der Waals surface area contributed by atoms with E-state index in [1.807, 2.05) is 6.07 Å². The van der Waals surface area contributed by atoms with E-state index in [1.54, 1.807) is 7.05 Å². The van der Waals surface area contributed by atoms with E-state index < -0.39 is 0 Å². The first kappa shape index (κ1) is 9.35. The fourth-order valence-electron chi connectivity index (χ4n) is 1.03. The number of nitrogen functional groups attached to an aromatic ring is 1. The van der Waals surface area contributed by atoms with Crippen LogP contribution in [0, 0.1) is 11.3 Å². The average Bonchev–Trinajstić information content (AvgIpc) is 2.44. The molecule has 13 heavy (non-hydrogen) atoms. The van der Waals surface area contributed by atoms with Crippen molar-refractivity contribution in [3.05, 3.63) is 5.56 Å². The second-order valence-corrected chi connectivity index (χ2v) is 2.42. The molecule has 1 aromatic rings. The third-order valence-electron chi connectivity index (χ3n) is 1.65. The molecule has 0 atom stereocenters. The highest BCUT2D eigenvalue weighted by molar-refractivity contribution is 5.63. The number of nitriles is 1. The van der Waals surface area contributed by atoms with Gasteiger partial charge in [-0.05, 0) is 0 Å². The van der Waals surface area contributed by atoms with Crippen LogP contribution in [0.25, 0.3) is 0 Å². The highest BCUT2D eigenvalue weighted by Crippen LogP contribution is 2.19. The summed E-state index contributed by atoms with van der Waals surface area (Å²) in [6.07, 6.45) is 0. The van der Waals surface area contributed by atoms with E-state index in [2.05, 4.69) is 10.4 Å². The quantitative estimate of drug-likeness (QED) is 0.576. The van der Waals surface area contributed by atoms with Crippen molar-refractivity contribution in [3.63, 3.8) is 0 Å². The Balaban J connectivity index is 3.12. The van der Waals surface area contributed by atoms with Crippen LogP contribution in [0.5, 0.6) is 0 Å². The molecule has 0 aliphatic carbocycles. The number of rotatable bonds is 3. The Morgan fingerprint density at radius 1 is 1.77 bits per heavy atom. The summed E-state index contributed by atoms with van der Waals surface area (Å²) in [6.45, 7) is 0.238. The Morgan fingerprint density at radius 2 is 2.46 bits per heavy atom. The van der Waals surface area contributed by atoms with Gasteiger partial charge in [0.25, 0.3) is 0 Å². The zero-order valence-corrected chi connectivity index (χ0v) is 7.28. The Hall–Kier alpha value is -1.74. The molecule has 1 aromatic heterocycles. The first-order valence-corrected chi connectivity index (χ1v) is 3.79. The fourth-order valence-corrected chi connectivity index (χ4v) is 1.03. The number of hydrogen-bond acceptors (Lipinski definition) is 5. The standard InChI is InChI=1S/C7H11N5O/c1-10-7-5(4-8)6(9)12(11-7)2-3-13/h13H,2-3,9H2,1H3,(H,10,11). The number of nitrogens with zero attached hydrogens (tertiary/aromatic N) is 3. The van der Waals surface area contributed by atoms with E-state index in [0.717, 1.165) is 0 Å². The average molecular weight is 181 g/mol. The minimum absolute atomic E-state index is 0.0557. The lowest BCUT2D eigenvalue weighted by Gasteiger charge is -1.98. The first-order valence-electron chi connectivity index (χ1n) is 3.79. The highest BCUT2D eigenvalue weighted by atomic mass is 16.3. The van der Waals surface area contributed by atoms with Gasteiger partial charge in [-0.25, -0.2) is 4.68 Å². The molecule has 0 radical (unpaired) electrons. The molecule has 0 bridgehead atoms. The van der Waals surface area contributed by atoms with E-state index in [-0.39, 0.29) is 12.4 Å². The molecule has 0 aromatic carbocycles. The molecule has 0 spiro atoms. The van der Waals surface area contributed by atoms with Gasteiger partial charge in [-0.1, -0.05) is 0 Å². The van der Waals surface area contributed by atoms with Crippen LogP contribution in [-0.2, 0) is 6.54 Å². The van der Waals surface area contributed by atoms with Gasteiger partial charge in [0.05, 0.1) is 13.2 Å². The van der Waals surface area contributed by atoms with Crippen molar-refractivity contribution in [2.24, 2.45) is 0 Å². The van der Waals surface area contributed by atoms with Crippen molar-refractivity contribution in [2.75, 3.05) is 24.7 Å². The maximum absolute atomic E-state index is 8.73. The Morgan fingerprint density at radius 3 is 2.85 bits per heavy atom. The Bertz CT molecular complexity index is 337. The molecule has 0 saturated heterocycles. The molecule has 0 unspecified atom stereocenters. The van der Waals surface area contributed by atoms with Gasteiger partial charge in [-0.3, -0.25) is 0 Å². The summed E-state index contributed by atoms with van der Waals surface area (Å²) in [5.41, 5.74) is 5.92. The molecule has 1 rings (SSSR count). The number of hydrogen-bond donors (Lipinski definition) is 3. The Labute approximate surface area is 75.6 Å². The maximum atomic E-state index is 8.73. The van der Waals surface area contributed by atoms with Crippen molar-refractivity contribution in [1.82, 2.24) is 9.78 Å². The van der Waals surface area contributed by atoms with Crippen LogP contribution in [0.4, 0.5) is 11.6 Å². The molecule has 0 aliphatic heterocycles. The second-order valence-electron chi connectivity index (χ2n) is 2.42. The third-order valence-corrected chi connectivity index (χ3v) is 1.65. The van der Waals surface area contributed by atoms with Crippen molar-refractivity contribution in [3.8, 4) is 6.07 Å². The smallest absolute Gasteiger partial charge is 0.168 e. The first-order chi connectivity index (χ1) is 6.24. The lowest BCUT2D eigenvalue weighted by molar-refractivity contribution is 0.270. The summed E-state index contributed by atoms with van der Waals surface area (Å²) in [6, 6.07) is 1.94. The Kier molecular flexibility index (Phi) is 2.72. The zero-order valence-electron chi connectivity index (χ0n) is 7.28. The predicted molar refractivity (Wildman–Crippen MR) is 48.0 cm³/mol. The summed E-state index contributed by atoms with van der Waals surface area (Å²) >= 11 is 0. The van der Waals surface area contributed by atoms with Gasteiger partial charge in [-0.2, -0.15) is 10.4 Å². The summed E-state index contributed by atoms with van der Waals surface area (Å²) in [4.78, 5) is 0. The molecular formula is C7H11N5O. The van der Waals surface area contributed by atoms with Crippen LogP contribution >= 0.6 is 0 Å². The van der Waals surface area contributed by atoms with Crippen LogP contribution in [0.2, 0.25) is 0 Å². The van der Waals surface area contributed by atoms with E-state index in [9.17, 15) is 0 Å². The minimum Gasteiger partial charge on any atom is -0.394 e. The number of aliphatic hydroxyl groups excluding tert-OH is 1. The van der Waals surface area contributed by atoms with Crippen molar-refractivity contribution in [2.45, 2.75) is 6.54 Å². The SMILES string of the molecule is CNc1nn(CCO)c(N)c1C#N. The number of nitrogens with one attached hydrogen (secondary N) is 1. The van der Waals surface area contributed by atoms with Gasteiger partial charge in [0, 0.05) is 7.05 Å². The van der Waals surface area contributed by atoms with Gasteiger partial charge in [0.1, 0.15) is 17.5 Å². The second kappa shape index (κ2) is 3.78. The largest absolute Gasteiger partial charge is 0.394 e. The van der Waals surface area contributed by atoms with Gasteiger partial charge >= 0.3 is 0 Å². The molecule has 70 valence electrons. The number of aromatic nitrogens is 2. The summed E-state index contributed by atoms with van der Waals surface area (Å²) in [7, 11) is 1.66. The van der Waals surface area contributed by atoms with Crippen LogP contribution in [0.3, 0.4) is 0 Å². The molecule has 4 N–H and O–H groups in total. The van der Waals surface area contributed by atoms with Crippen molar-refractivity contribution >= 4 is 11.6 Å². The highest BCUT2D eigenvalue weighted by Gasteiger charge is 2.13. The third kappa shape index (κ3) is 1.55. The normalized spacial score (nSPS) is 9.62. The molecule has 0 fully saturated rings. The monoisotopic (exact) mass is 181 g/mol. The van der Waals surface area contributed by atoms with Crippen LogP contribution in [0.1, 0.15) is 5.56 Å². The van der Waals surface area contributed by atoms with E-state index in [4.69, 9.17) is 16.1 Å². The van der Waals surface area contributed by atoms with Crippen LogP contribution in [-0.4, -0.2) is 28.5 Å². The van der Waals surface area contributed by atoms with Gasteiger partial charge in [0.2, 0.25) is 0 Å². The van der Waals surface area contributed by atoms with Crippen molar-refractivity contribution < 1.29 is 5.11 Å². The lowest BCUT2D eigenvalue weighted by Crippen LogP contribution is -2.07. The number of anilines is 2. The van der Waals surface area contributed by atoms with Gasteiger partial charge in [0.15, 0.2) is 5.82 Å². The fraction of sp³-hybridized carbons (Fsp3) is 0.429. The zero-order chi connectivity index (χ0) is 9.84. The summed E-state index contributed by atoms with van der Waals surface area (Å²) in [5, 5.41) is 24.1. The number of nitrogens with two attached hydrogens (primary N) is 1. The summed E-state index contributed by atoms with van der Waals surface area (Å²) < 4.78 is 1.39. The molecule has 0 aliphatic rings. The lowest BCUT2D eigenvalue weighted by atomic mass is 10.3. The molecule has 0 saturated carbocycles. The van der Waals surface area contributed by atoms with Gasteiger partial charge in [-0.15, -0.1) is 0 Å². The van der Waals surface area contributed by atoms with Gasteiger partial charge < -0.3 is 16.2 Å². The van der Waals surface area contributed by atoms with Crippen LogP contribution < -0.4 is 11.1 Å². The molecule has 6 nitrogen and oxygen atoms in total. The molecule has 6 heteroatoms. The van der Waals surface area contributed by atoms with E-state index in [0.29, 0.717) is 17.9 Å². The predicted octanol–water partition coefficient (Wildman–Crippen LogP) is -0.629. The minimum atomic E-state index is -0.0557. The number of aliphatic hydroxyl groups is 1. The maximum Gasteiger partial charge on any atom is 0.168 e. The topological polar surface area (TPSA) is 99.9 Å².